The van der Waals surface area contributed by atoms with Gasteiger partial charge in [0.2, 0.25) is 0 Å². The Morgan fingerprint density at radius 2 is 2.00 bits per heavy atom. The van der Waals surface area contributed by atoms with E-state index >= 15 is 0 Å². The number of amides is 1. The minimum Gasteiger partial charge on any atom is -0.443 e. The highest BCUT2D eigenvalue weighted by Gasteiger charge is 2.39. The fraction of sp³-hybridized carbons (Fsp3) is 0.588. The van der Waals surface area contributed by atoms with E-state index in [1.807, 2.05) is 26.8 Å². The van der Waals surface area contributed by atoms with Gasteiger partial charge in [-0.05, 0) is 44.4 Å². The molecule has 1 aromatic carbocycles. The van der Waals surface area contributed by atoms with Gasteiger partial charge in [0.15, 0.2) is 0 Å². The van der Waals surface area contributed by atoms with Crippen molar-refractivity contribution in [2.24, 2.45) is 0 Å². The van der Waals surface area contributed by atoms with Gasteiger partial charge < -0.3 is 4.74 Å². The van der Waals surface area contributed by atoms with Gasteiger partial charge in [0, 0.05) is 12.0 Å². The molecular formula is C17H25NO2. The van der Waals surface area contributed by atoms with Crippen molar-refractivity contribution in [3.63, 3.8) is 0 Å². The monoisotopic (exact) mass is 275 g/mol. The summed E-state index contributed by atoms with van der Waals surface area (Å²) in [6.45, 7) is 12.9. The number of carbonyl (C=O) groups is 1. The van der Waals surface area contributed by atoms with Gasteiger partial charge >= 0.3 is 6.09 Å². The van der Waals surface area contributed by atoms with E-state index in [0.717, 1.165) is 12.1 Å². The Balaban J connectivity index is 2.36. The Bertz CT molecular complexity index is 526. The van der Waals surface area contributed by atoms with Crippen LogP contribution in [0, 0.1) is 0 Å². The molecule has 0 saturated heterocycles. The van der Waals surface area contributed by atoms with E-state index < -0.39 is 5.60 Å². The summed E-state index contributed by atoms with van der Waals surface area (Å²) in [5.41, 5.74) is 3.04. The Labute approximate surface area is 121 Å². The maximum Gasteiger partial charge on any atom is 0.414 e. The number of ether oxygens (including phenoxy) is 1. The van der Waals surface area contributed by atoms with Crippen molar-refractivity contribution in [1.82, 2.24) is 0 Å². The number of hydrogen-bond acceptors (Lipinski definition) is 2. The van der Waals surface area contributed by atoms with Crippen LogP contribution in [0.4, 0.5) is 10.5 Å². The molecule has 3 heteroatoms. The van der Waals surface area contributed by atoms with E-state index in [4.69, 9.17) is 4.74 Å². The lowest BCUT2D eigenvalue weighted by Gasteiger charge is -2.25. The summed E-state index contributed by atoms with van der Waals surface area (Å²) in [6.07, 6.45) is 0.754. The molecule has 0 unspecified atom stereocenters. The van der Waals surface area contributed by atoms with Crippen molar-refractivity contribution in [2.75, 3.05) is 11.4 Å². The summed E-state index contributed by atoms with van der Waals surface area (Å²) in [6, 6.07) is 6.37. The van der Waals surface area contributed by atoms with E-state index in [9.17, 15) is 4.79 Å². The second-order valence-corrected chi connectivity index (χ2v) is 7.16. The van der Waals surface area contributed by atoms with Gasteiger partial charge in [-0.2, -0.15) is 0 Å². The highest BCUT2D eigenvalue weighted by molar-refractivity contribution is 5.91. The molecule has 0 radical (unpaired) electrons. The number of fused-ring (bicyclic) bond motifs is 1. The molecule has 1 heterocycles. The molecule has 0 N–H and O–H groups in total. The molecule has 110 valence electrons. The molecule has 1 aromatic rings. The molecule has 2 rings (SSSR count). The first-order valence-electron chi connectivity index (χ1n) is 7.28. The van der Waals surface area contributed by atoms with Crippen LogP contribution in [0.3, 0.4) is 0 Å². The van der Waals surface area contributed by atoms with Gasteiger partial charge in [0.1, 0.15) is 5.60 Å². The third-order valence-electron chi connectivity index (χ3n) is 3.66. The van der Waals surface area contributed by atoms with Gasteiger partial charge in [-0.3, -0.25) is 4.90 Å². The zero-order chi connectivity index (χ0) is 15.1. The summed E-state index contributed by atoms with van der Waals surface area (Å²) in [4.78, 5) is 14.1. The molecule has 0 aromatic heterocycles. The van der Waals surface area contributed by atoms with Crippen LogP contribution < -0.4 is 4.90 Å². The molecule has 1 aliphatic heterocycles. The minimum absolute atomic E-state index is 0.0303. The minimum atomic E-state index is -0.465. The van der Waals surface area contributed by atoms with E-state index in [2.05, 4.69) is 32.9 Å². The average Bonchev–Trinajstić information content (AvgIpc) is 2.59. The number of rotatable bonds is 1. The van der Waals surface area contributed by atoms with Crippen LogP contribution in [0.5, 0.6) is 0 Å². The van der Waals surface area contributed by atoms with Crippen LogP contribution in [-0.2, 0) is 16.6 Å². The summed E-state index contributed by atoms with van der Waals surface area (Å²) in [5.74, 6) is 0. The van der Waals surface area contributed by atoms with Crippen molar-refractivity contribution in [3.8, 4) is 0 Å². The predicted molar refractivity (Wildman–Crippen MR) is 82.4 cm³/mol. The molecule has 0 saturated carbocycles. The molecule has 1 amide bonds. The van der Waals surface area contributed by atoms with Crippen molar-refractivity contribution < 1.29 is 9.53 Å². The normalized spacial score (nSPS) is 17.0. The third-order valence-corrected chi connectivity index (χ3v) is 3.66. The van der Waals surface area contributed by atoms with Crippen molar-refractivity contribution in [3.05, 3.63) is 29.3 Å². The number of carbonyl (C=O) groups excluding carboxylic acids is 1. The smallest absolute Gasteiger partial charge is 0.414 e. The number of benzene rings is 1. The van der Waals surface area contributed by atoms with E-state index in [1.165, 1.54) is 11.1 Å². The molecule has 3 nitrogen and oxygen atoms in total. The van der Waals surface area contributed by atoms with Gasteiger partial charge in [-0.1, -0.05) is 32.9 Å². The molecule has 1 aliphatic rings. The van der Waals surface area contributed by atoms with Gasteiger partial charge in [0.05, 0.1) is 5.69 Å². The Morgan fingerprint density at radius 1 is 1.35 bits per heavy atom. The number of hydrogen-bond donors (Lipinski definition) is 0. The molecule has 0 atom stereocenters. The molecule has 0 bridgehead atoms. The predicted octanol–water partition coefficient (Wildman–Crippen LogP) is 4.28. The SMILES string of the molecule is CCc1ccc2c(c1)C(C)(C)CN2C(=O)OC(C)(C)C. The highest BCUT2D eigenvalue weighted by Crippen LogP contribution is 2.41. The van der Waals surface area contributed by atoms with Gasteiger partial charge in [0.25, 0.3) is 0 Å². The fourth-order valence-corrected chi connectivity index (χ4v) is 2.63. The number of aryl methyl sites for hydroxylation is 1. The van der Waals surface area contributed by atoms with E-state index in [-0.39, 0.29) is 11.5 Å². The second kappa shape index (κ2) is 4.80. The quantitative estimate of drug-likeness (QED) is 0.765. The summed E-state index contributed by atoms with van der Waals surface area (Å²) < 4.78 is 5.52. The molecule has 0 aliphatic carbocycles. The van der Waals surface area contributed by atoms with E-state index in [1.54, 1.807) is 4.90 Å². The topological polar surface area (TPSA) is 29.5 Å². The lowest BCUT2D eigenvalue weighted by Crippen LogP contribution is -2.38. The van der Waals surface area contributed by atoms with Crippen molar-refractivity contribution in [1.29, 1.82) is 0 Å². The largest absolute Gasteiger partial charge is 0.443 e. The maximum absolute atomic E-state index is 12.4. The molecule has 20 heavy (non-hydrogen) atoms. The zero-order valence-corrected chi connectivity index (χ0v) is 13.4. The highest BCUT2D eigenvalue weighted by atomic mass is 16.6. The first kappa shape index (κ1) is 14.9. The number of anilines is 1. The summed E-state index contributed by atoms with van der Waals surface area (Å²) in [7, 11) is 0. The number of nitrogens with zero attached hydrogens (tertiary/aromatic N) is 1. The second-order valence-electron chi connectivity index (χ2n) is 7.16. The fourth-order valence-electron chi connectivity index (χ4n) is 2.63. The standard InChI is InChI=1S/C17H25NO2/c1-7-12-8-9-14-13(10-12)17(5,6)11-18(14)15(19)20-16(2,3)4/h8-10H,7,11H2,1-6H3. The van der Waals surface area contributed by atoms with Crippen LogP contribution in [0.1, 0.15) is 52.7 Å². The summed E-state index contributed by atoms with van der Waals surface area (Å²) in [5, 5.41) is 0. The van der Waals surface area contributed by atoms with Crippen molar-refractivity contribution >= 4 is 11.8 Å². The zero-order valence-electron chi connectivity index (χ0n) is 13.4. The van der Waals surface area contributed by atoms with Crippen LogP contribution in [-0.4, -0.2) is 18.2 Å². The molecule has 0 fully saturated rings. The first-order valence-corrected chi connectivity index (χ1v) is 7.28. The Kier molecular flexibility index (Phi) is 3.57. The first-order chi connectivity index (χ1) is 9.14. The molecule has 0 spiro atoms. The summed E-state index contributed by atoms with van der Waals surface area (Å²) >= 11 is 0. The Morgan fingerprint density at radius 3 is 2.55 bits per heavy atom. The van der Waals surface area contributed by atoms with Crippen LogP contribution in [0.25, 0.3) is 0 Å². The Hall–Kier alpha value is -1.51. The van der Waals surface area contributed by atoms with Crippen molar-refractivity contribution in [2.45, 2.75) is 59.0 Å². The maximum atomic E-state index is 12.4. The van der Waals surface area contributed by atoms with Crippen LogP contribution >= 0.6 is 0 Å². The lowest BCUT2D eigenvalue weighted by atomic mass is 9.86. The molecular weight excluding hydrogens is 250 g/mol. The average molecular weight is 275 g/mol. The van der Waals surface area contributed by atoms with Crippen LogP contribution in [0.2, 0.25) is 0 Å². The van der Waals surface area contributed by atoms with Gasteiger partial charge in [-0.25, -0.2) is 4.79 Å². The van der Waals surface area contributed by atoms with Crippen LogP contribution in [0.15, 0.2) is 18.2 Å². The van der Waals surface area contributed by atoms with E-state index in [0.29, 0.717) is 6.54 Å². The van der Waals surface area contributed by atoms with Gasteiger partial charge in [-0.15, -0.1) is 0 Å². The third kappa shape index (κ3) is 2.82. The lowest BCUT2D eigenvalue weighted by molar-refractivity contribution is 0.0579.